The van der Waals surface area contributed by atoms with E-state index in [1.54, 1.807) is 0 Å². The largest absolute Gasteiger partial charge is 0.483 e. The molecule has 0 aromatic heterocycles. The number of hydrazone groups is 1. The summed E-state index contributed by atoms with van der Waals surface area (Å²) in [5, 5.41) is 4.08. The molecular weight excluding hydrogens is 276 g/mol. The fraction of sp³-hybridized carbons (Fsp3) is 0.222. The van der Waals surface area contributed by atoms with Crippen LogP contribution in [0, 0.1) is 13.8 Å². The normalized spacial score (nSPS) is 11.1. The number of hydrogen-bond acceptors (Lipinski definition) is 3. The fourth-order valence-electron chi connectivity index (χ4n) is 2.03. The van der Waals surface area contributed by atoms with Gasteiger partial charge in [-0.25, -0.2) is 5.43 Å². The minimum atomic E-state index is -0.282. The lowest BCUT2D eigenvalue weighted by molar-refractivity contribution is -0.123. The van der Waals surface area contributed by atoms with Crippen molar-refractivity contribution in [2.45, 2.75) is 20.8 Å². The minimum absolute atomic E-state index is 0.0600. The van der Waals surface area contributed by atoms with Crippen molar-refractivity contribution in [2.24, 2.45) is 5.10 Å². The molecule has 22 heavy (non-hydrogen) atoms. The second kappa shape index (κ2) is 7.41. The zero-order valence-electron chi connectivity index (χ0n) is 13.1. The molecule has 4 heteroatoms. The molecule has 0 saturated heterocycles. The predicted octanol–water partition coefficient (Wildman–Crippen LogP) is 3.22. The number of benzene rings is 2. The van der Waals surface area contributed by atoms with Gasteiger partial charge in [0.05, 0.1) is 5.71 Å². The molecule has 0 fully saturated rings. The van der Waals surface area contributed by atoms with Crippen molar-refractivity contribution in [3.05, 3.63) is 65.2 Å². The first-order chi connectivity index (χ1) is 10.6. The Kier molecular flexibility index (Phi) is 5.31. The summed E-state index contributed by atoms with van der Waals surface area (Å²) < 4.78 is 5.51. The number of rotatable bonds is 5. The van der Waals surface area contributed by atoms with Gasteiger partial charge in [0.25, 0.3) is 5.91 Å². The number of nitrogens with one attached hydrogen (secondary N) is 1. The van der Waals surface area contributed by atoms with Crippen LogP contribution >= 0.6 is 0 Å². The van der Waals surface area contributed by atoms with Crippen molar-refractivity contribution in [1.82, 2.24) is 5.43 Å². The molecule has 0 aliphatic heterocycles. The van der Waals surface area contributed by atoms with E-state index < -0.39 is 0 Å². The van der Waals surface area contributed by atoms with Crippen molar-refractivity contribution in [2.75, 3.05) is 6.61 Å². The summed E-state index contributed by atoms with van der Waals surface area (Å²) in [5.41, 5.74) is 6.40. The van der Waals surface area contributed by atoms with E-state index in [0.29, 0.717) is 5.75 Å². The van der Waals surface area contributed by atoms with E-state index in [-0.39, 0.29) is 12.5 Å². The molecule has 0 heterocycles. The molecule has 4 nitrogen and oxygen atoms in total. The lowest BCUT2D eigenvalue weighted by Gasteiger charge is -2.09. The molecule has 0 radical (unpaired) electrons. The quantitative estimate of drug-likeness (QED) is 0.680. The summed E-state index contributed by atoms with van der Waals surface area (Å²) >= 11 is 0. The van der Waals surface area contributed by atoms with Crippen LogP contribution in [0.2, 0.25) is 0 Å². The maximum Gasteiger partial charge on any atom is 0.277 e. The van der Waals surface area contributed by atoms with Gasteiger partial charge in [0.15, 0.2) is 6.61 Å². The third-order valence-corrected chi connectivity index (χ3v) is 3.23. The molecule has 0 unspecified atom stereocenters. The van der Waals surface area contributed by atoms with Gasteiger partial charge in [0.1, 0.15) is 5.75 Å². The Labute approximate surface area is 130 Å². The summed E-state index contributed by atoms with van der Waals surface area (Å²) in [6.07, 6.45) is 0. The first-order valence-corrected chi connectivity index (χ1v) is 7.15. The molecule has 0 saturated carbocycles. The number of carbonyl (C=O) groups excluding carboxylic acids is 1. The van der Waals surface area contributed by atoms with Gasteiger partial charge < -0.3 is 4.74 Å². The molecule has 2 rings (SSSR count). The van der Waals surface area contributed by atoms with Crippen LogP contribution in [0.4, 0.5) is 0 Å². The third-order valence-electron chi connectivity index (χ3n) is 3.23. The third kappa shape index (κ3) is 4.45. The van der Waals surface area contributed by atoms with Gasteiger partial charge in [-0.2, -0.15) is 5.10 Å². The number of aryl methyl sites for hydroxylation is 2. The topological polar surface area (TPSA) is 50.7 Å². The van der Waals surface area contributed by atoms with E-state index in [2.05, 4.69) is 10.5 Å². The maximum atomic E-state index is 11.8. The SMILES string of the molecule is C/C(=N\NC(=O)COc1ccc(C)cc1C)c1ccccc1. The standard InChI is InChI=1S/C18H20N2O2/c1-13-9-10-17(14(2)11-13)22-12-18(21)20-19-15(3)16-7-5-4-6-8-16/h4-11H,12H2,1-3H3,(H,20,21)/b19-15+. The Bertz CT molecular complexity index is 679. The summed E-state index contributed by atoms with van der Waals surface area (Å²) in [7, 11) is 0. The highest BCUT2D eigenvalue weighted by atomic mass is 16.5. The van der Waals surface area contributed by atoms with E-state index >= 15 is 0 Å². The molecule has 0 aliphatic carbocycles. The van der Waals surface area contributed by atoms with Gasteiger partial charge in [0, 0.05) is 0 Å². The number of carbonyl (C=O) groups is 1. The highest BCUT2D eigenvalue weighted by molar-refractivity contribution is 5.99. The van der Waals surface area contributed by atoms with Crippen LogP contribution in [0.15, 0.2) is 53.6 Å². The molecule has 0 aliphatic rings. The first kappa shape index (κ1) is 15.8. The van der Waals surface area contributed by atoms with Gasteiger partial charge in [-0.05, 0) is 38.0 Å². The smallest absolute Gasteiger partial charge is 0.277 e. The lowest BCUT2D eigenvalue weighted by atomic mass is 10.1. The van der Waals surface area contributed by atoms with Gasteiger partial charge in [0.2, 0.25) is 0 Å². The van der Waals surface area contributed by atoms with E-state index in [4.69, 9.17) is 4.74 Å². The van der Waals surface area contributed by atoms with Gasteiger partial charge in [-0.3, -0.25) is 4.79 Å². The fourth-order valence-corrected chi connectivity index (χ4v) is 2.03. The Balaban J connectivity index is 1.88. The molecule has 1 amide bonds. The minimum Gasteiger partial charge on any atom is -0.483 e. The molecule has 114 valence electrons. The summed E-state index contributed by atoms with van der Waals surface area (Å²) in [4.78, 5) is 11.8. The van der Waals surface area contributed by atoms with Crippen LogP contribution in [0.3, 0.4) is 0 Å². The zero-order chi connectivity index (χ0) is 15.9. The summed E-state index contributed by atoms with van der Waals surface area (Å²) in [5.74, 6) is 0.430. The predicted molar refractivity (Wildman–Crippen MR) is 88.2 cm³/mol. The second-order valence-corrected chi connectivity index (χ2v) is 5.16. The van der Waals surface area contributed by atoms with Crippen LogP contribution in [0.5, 0.6) is 5.75 Å². The first-order valence-electron chi connectivity index (χ1n) is 7.15. The van der Waals surface area contributed by atoms with Crippen molar-refractivity contribution in [3.8, 4) is 5.75 Å². The number of hydrogen-bond donors (Lipinski definition) is 1. The maximum absolute atomic E-state index is 11.8. The van der Waals surface area contributed by atoms with Crippen LogP contribution in [0.1, 0.15) is 23.6 Å². The van der Waals surface area contributed by atoms with E-state index in [9.17, 15) is 4.79 Å². The summed E-state index contributed by atoms with van der Waals surface area (Å²) in [6.45, 7) is 5.76. The lowest BCUT2D eigenvalue weighted by Crippen LogP contribution is -2.25. The Hall–Kier alpha value is -2.62. The van der Waals surface area contributed by atoms with Crippen LogP contribution in [-0.2, 0) is 4.79 Å². The molecule has 0 atom stereocenters. The van der Waals surface area contributed by atoms with Crippen molar-refractivity contribution in [3.63, 3.8) is 0 Å². The molecule has 0 bridgehead atoms. The molecule has 0 spiro atoms. The van der Waals surface area contributed by atoms with Crippen molar-refractivity contribution >= 4 is 11.6 Å². The van der Waals surface area contributed by atoms with Crippen LogP contribution < -0.4 is 10.2 Å². The summed E-state index contributed by atoms with van der Waals surface area (Å²) in [6, 6.07) is 15.5. The van der Waals surface area contributed by atoms with Crippen molar-refractivity contribution < 1.29 is 9.53 Å². The average Bonchev–Trinajstić information content (AvgIpc) is 2.52. The Morgan fingerprint density at radius 2 is 1.86 bits per heavy atom. The van der Waals surface area contributed by atoms with Crippen molar-refractivity contribution in [1.29, 1.82) is 0 Å². The highest BCUT2D eigenvalue weighted by Crippen LogP contribution is 2.18. The number of nitrogens with zero attached hydrogens (tertiary/aromatic N) is 1. The molecule has 2 aromatic rings. The monoisotopic (exact) mass is 296 g/mol. The van der Waals surface area contributed by atoms with Crippen LogP contribution in [-0.4, -0.2) is 18.2 Å². The Morgan fingerprint density at radius 1 is 1.14 bits per heavy atom. The number of amides is 1. The average molecular weight is 296 g/mol. The van der Waals surface area contributed by atoms with E-state index in [0.717, 1.165) is 22.4 Å². The second-order valence-electron chi connectivity index (χ2n) is 5.16. The van der Waals surface area contributed by atoms with Gasteiger partial charge in [-0.15, -0.1) is 0 Å². The number of ether oxygens (including phenoxy) is 1. The van der Waals surface area contributed by atoms with Gasteiger partial charge >= 0.3 is 0 Å². The molecular formula is C18H20N2O2. The molecule has 2 aromatic carbocycles. The molecule has 1 N–H and O–H groups in total. The van der Waals surface area contributed by atoms with E-state index in [1.165, 1.54) is 0 Å². The van der Waals surface area contributed by atoms with E-state index in [1.807, 2.05) is 69.3 Å². The highest BCUT2D eigenvalue weighted by Gasteiger charge is 2.05. The van der Waals surface area contributed by atoms with Gasteiger partial charge in [-0.1, -0.05) is 48.0 Å². The Morgan fingerprint density at radius 3 is 2.55 bits per heavy atom. The zero-order valence-corrected chi connectivity index (χ0v) is 13.1. The van der Waals surface area contributed by atoms with Crippen LogP contribution in [0.25, 0.3) is 0 Å².